The highest BCUT2D eigenvalue weighted by molar-refractivity contribution is 5.87. The average molecular weight is 303 g/mol. The molecule has 0 aromatic carbocycles. The molecule has 22 heavy (non-hydrogen) atoms. The molecule has 1 saturated carbocycles. The van der Waals surface area contributed by atoms with Crippen LogP contribution in [0.1, 0.15) is 37.2 Å². The number of nitrogens with one attached hydrogen (secondary N) is 1. The Hall–Kier alpha value is -1.69. The molecule has 2 aromatic rings. The van der Waals surface area contributed by atoms with Crippen LogP contribution in [0.2, 0.25) is 0 Å². The van der Waals surface area contributed by atoms with Gasteiger partial charge in [-0.3, -0.25) is 4.68 Å². The van der Waals surface area contributed by atoms with Crippen molar-refractivity contribution in [2.24, 2.45) is 18.9 Å². The first-order valence-electron chi connectivity index (χ1n) is 8.11. The van der Waals surface area contributed by atoms with Crippen LogP contribution in [0.25, 0.3) is 11.0 Å². The zero-order chi connectivity index (χ0) is 15.7. The van der Waals surface area contributed by atoms with Gasteiger partial charge in [0.05, 0.1) is 5.69 Å². The summed E-state index contributed by atoms with van der Waals surface area (Å²) in [4.78, 5) is 9.02. The zero-order valence-corrected chi connectivity index (χ0v) is 13.6. The number of aromatic nitrogens is 4. The Labute approximate surface area is 131 Å². The topological polar surface area (TPSA) is 75.9 Å². The monoisotopic (exact) mass is 303 g/mol. The smallest absolute Gasteiger partial charge is 0.156 e. The lowest BCUT2D eigenvalue weighted by Gasteiger charge is -2.29. The second kappa shape index (κ2) is 6.20. The fourth-order valence-corrected chi connectivity index (χ4v) is 3.23. The molecule has 2 aromatic heterocycles. The van der Waals surface area contributed by atoms with Crippen LogP contribution < -0.4 is 5.32 Å². The van der Waals surface area contributed by atoms with Crippen LogP contribution in [0.4, 0.5) is 5.82 Å². The van der Waals surface area contributed by atoms with Crippen molar-refractivity contribution in [2.45, 2.75) is 39.5 Å². The van der Waals surface area contributed by atoms with Crippen molar-refractivity contribution in [1.29, 1.82) is 0 Å². The maximum Gasteiger partial charge on any atom is 0.156 e. The van der Waals surface area contributed by atoms with E-state index in [2.05, 4.69) is 20.4 Å². The van der Waals surface area contributed by atoms with Gasteiger partial charge in [-0.2, -0.15) is 5.10 Å². The van der Waals surface area contributed by atoms with Gasteiger partial charge in [0.15, 0.2) is 5.82 Å². The summed E-state index contributed by atoms with van der Waals surface area (Å²) in [6.07, 6.45) is 5.07. The number of aliphatic hydroxyl groups excluding tert-OH is 1. The third-order valence-electron chi connectivity index (χ3n) is 4.67. The number of rotatable bonds is 6. The van der Waals surface area contributed by atoms with E-state index in [1.165, 1.54) is 19.3 Å². The molecular formula is C16H25N5O. The number of nitrogens with zero attached hydrogens (tertiary/aromatic N) is 4. The van der Waals surface area contributed by atoms with Gasteiger partial charge in [-0.25, -0.2) is 9.97 Å². The number of anilines is 1. The van der Waals surface area contributed by atoms with E-state index in [1.54, 1.807) is 0 Å². The third-order valence-corrected chi connectivity index (χ3v) is 4.67. The van der Waals surface area contributed by atoms with E-state index in [0.717, 1.165) is 47.3 Å². The average Bonchev–Trinajstić information content (AvgIpc) is 2.72. The summed E-state index contributed by atoms with van der Waals surface area (Å²) in [7, 11) is 1.91. The highest BCUT2D eigenvalue weighted by Gasteiger charge is 2.22. The van der Waals surface area contributed by atoms with E-state index < -0.39 is 0 Å². The summed E-state index contributed by atoms with van der Waals surface area (Å²) in [5.41, 5.74) is 2.75. The van der Waals surface area contributed by atoms with Gasteiger partial charge < -0.3 is 10.4 Å². The molecule has 0 spiro atoms. The van der Waals surface area contributed by atoms with Gasteiger partial charge >= 0.3 is 0 Å². The quantitative estimate of drug-likeness (QED) is 0.855. The Kier molecular flexibility index (Phi) is 4.29. The van der Waals surface area contributed by atoms with Crippen molar-refractivity contribution >= 4 is 16.9 Å². The fourth-order valence-electron chi connectivity index (χ4n) is 3.23. The van der Waals surface area contributed by atoms with Gasteiger partial charge in [0.1, 0.15) is 16.9 Å². The van der Waals surface area contributed by atoms with Crippen LogP contribution >= 0.6 is 0 Å². The molecule has 0 saturated heterocycles. The first-order valence-corrected chi connectivity index (χ1v) is 8.11. The molecule has 6 heteroatoms. The van der Waals surface area contributed by atoms with Crippen molar-refractivity contribution in [2.75, 3.05) is 18.5 Å². The van der Waals surface area contributed by atoms with Gasteiger partial charge in [-0.05, 0) is 32.1 Å². The molecule has 1 atom stereocenters. The predicted molar refractivity (Wildman–Crippen MR) is 86.8 cm³/mol. The normalized spacial score (nSPS) is 16.7. The molecule has 1 aliphatic rings. The minimum Gasteiger partial charge on any atom is -0.396 e. The van der Waals surface area contributed by atoms with E-state index in [-0.39, 0.29) is 12.5 Å². The molecule has 1 aliphatic carbocycles. The van der Waals surface area contributed by atoms with Crippen molar-refractivity contribution in [3.63, 3.8) is 0 Å². The SMILES string of the molecule is Cc1nc(NCC(CO)CC2CCC2)c2c(n1)c(C)nn2C. The van der Waals surface area contributed by atoms with Crippen molar-refractivity contribution in [3.05, 3.63) is 11.5 Å². The number of aryl methyl sites for hydroxylation is 3. The van der Waals surface area contributed by atoms with Gasteiger partial charge in [0.25, 0.3) is 0 Å². The number of hydrogen-bond acceptors (Lipinski definition) is 5. The van der Waals surface area contributed by atoms with E-state index in [0.29, 0.717) is 0 Å². The molecule has 0 amide bonds. The molecular weight excluding hydrogens is 278 g/mol. The summed E-state index contributed by atoms with van der Waals surface area (Å²) < 4.78 is 1.83. The number of fused-ring (bicyclic) bond motifs is 1. The molecule has 0 bridgehead atoms. The van der Waals surface area contributed by atoms with Crippen molar-refractivity contribution in [3.8, 4) is 0 Å². The predicted octanol–water partition coefficient (Wildman–Crippen LogP) is 2.19. The second-order valence-corrected chi connectivity index (χ2v) is 6.49. The zero-order valence-electron chi connectivity index (χ0n) is 13.6. The van der Waals surface area contributed by atoms with Gasteiger partial charge in [-0.15, -0.1) is 0 Å². The highest BCUT2D eigenvalue weighted by atomic mass is 16.3. The Bertz CT molecular complexity index is 662. The summed E-state index contributed by atoms with van der Waals surface area (Å²) in [5, 5.41) is 17.5. The van der Waals surface area contributed by atoms with Crippen molar-refractivity contribution < 1.29 is 5.11 Å². The second-order valence-electron chi connectivity index (χ2n) is 6.49. The lowest BCUT2D eigenvalue weighted by Crippen LogP contribution is -2.24. The van der Waals surface area contributed by atoms with Gasteiger partial charge in [0, 0.05) is 20.2 Å². The molecule has 2 N–H and O–H groups in total. The molecule has 1 fully saturated rings. The summed E-state index contributed by atoms with van der Waals surface area (Å²) in [6, 6.07) is 0. The number of aliphatic hydroxyl groups is 1. The molecule has 0 aliphatic heterocycles. The van der Waals surface area contributed by atoms with Crippen LogP contribution in [0.15, 0.2) is 0 Å². The minimum absolute atomic E-state index is 0.223. The van der Waals surface area contributed by atoms with Crippen LogP contribution in [-0.4, -0.2) is 38.0 Å². The molecule has 120 valence electrons. The van der Waals surface area contributed by atoms with Gasteiger partial charge in [0.2, 0.25) is 0 Å². The van der Waals surface area contributed by atoms with Crippen LogP contribution in [-0.2, 0) is 7.05 Å². The van der Waals surface area contributed by atoms with E-state index in [4.69, 9.17) is 0 Å². The summed E-state index contributed by atoms with van der Waals surface area (Å²) in [6.45, 7) is 4.82. The van der Waals surface area contributed by atoms with Gasteiger partial charge in [-0.1, -0.05) is 19.3 Å². The largest absolute Gasteiger partial charge is 0.396 e. The minimum atomic E-state index is 0.223. The molecule has 2 heterocycles. The van der Waals surface area contributed by atoms with Crippen LogP contribution in [0.3, 0.4) is 0 Å². The first kappa shape index (κ1) is 15.2. The lowest BCUT2D eigenvalue weighted by atomic mass is 9.79. The molecule has 6 nitrogen and oxygen atoms in total. The maximum atomic E-state index is 9.61. The first-order chi connectivity index (χ1) is 10.6. The van der Waals surface area contributed by atoms with E-state index >= 15 is 0 Å². The van der Waals surface area contributed by atoms with E-state index in [9.17, 15) is 5.11 Å². The Balaban J connectivity index is 1.77. The summed E-state index contributed by atoms with van der Waals surface area (Å²) in [5.74, 6) is 2.64. The van der Waals surface area contributed by atoms with Crippen LogP contribution in [0, 0.1) is 25.7 Å². The van der Waals surface area contributed by atoms with E-state index in [1.807, 2.05) is 25.6 Å². The third kappa shape index (κ3) is 2.92. The lowest BCUT2D eigenvalue weighted by molar-refractivity contribution is 0.177. The highest BCUT2D eigenvalue weighted by Crippen LogP contribution is 2.32. The Morgan fingerprint density at radius 1 is 1.32 bits per heavy atom. The molecule has 1 unspecified atom stereocenters. The van der Waals surface area contributed by atoms with Crippen LogP contribution in [0.5, 0.6) is 0 Å². The molecule has 3 rings (SSSR count). The maximum absolute atomic E-state index is 9.61. The molecule has 0 radical (unpaired) electrons. The summed E-state index contributed by atoms with van der Waals surface area (Å²) >= 11 is 0. The standard InChI is InChI=1S/C16H25N5O/c1-10-14-15(21(3)20-10)16(19-11(2)18-14)17-8-13(9-22)7-12-5-4-6-12/h12-13,22H,4-9H2,1-3H3,(H,17,18,19). The van der Waals surface area contributed by atoms with Crippen molar-refractivity contribution in [1.82, 2.24) is 19.7 Å². The fraction of sp³-hybridized carbons (Fsp3) is 0.688. The Morgan fingerprint density at radius 2 is 2.09 bits per heavy atom. The number of hydrogen-bond donors (Lipinski definition) is 2. The Morgan fingerprint density at radius 3 is 2.73 bits per heavy atom.